The van der Waals surface area contributed by atoms with Crippen molar-refractivity contribution in [2.75, 3.05) is 33.0 Å². The predicted octanol–water partition coefficient (Wildman–Crippen LogP) is 1.82. The molecule has 2 heterocycles. The van der Waals surface area contributed by atoms with Gasteiger partial charge in [-0.15, -0.1) is 0 Å². The van der Waals surface area contributed by atoms with E-state index >= 15 is 0 Å². The van der Waals surface area contributed by atoms with Crippen molar-refractivity contribution in [1.82, 2.24) is 5.32 Å². The van der Waals surface area contributed by atoms with Gasteiger partial charge in [0.25, 0.3) is 0 Å². The first-order valence-corrected chi connectivity index (χ1v) is 6.79. The van der Waals surface area contributed by atoms with E-state index in [1.165, 1.54) is 25.7 Å². The Balaban J connectivity index is 1.82. The molecular formula is C13H25NO2. The van der Waals surface area contributed by atoms with Crippen LogP contribution in [0, 0.1) is 11.8 Å². The van der Waals surface area contributed by atoms with E-state index in [0.717, 1.165) is 44.8 Å². The Morgan fingerprint density at radius 1 is 1.12 bits per heavy atom. The van der Waals surface area contributed by atoms with Gasteiger partial charge in [-0.25, -0.2) is 0 Å². The maximum absolute atomic E-state index is 5.47. The summed E-state index contributed by atoms with van der Waals surface area (Å²) in [6.45, 7) is 7.14. The molecule has 0 spiro atoms. The second-order valence-electron chi connectivity index (χ2n) is 5.08. The SMILES string of the molecule is CCNC(CC1CCOC1)C1CCOCC1. The molecule has 2 atom stereocenters. The Labute approximate surface area is 98.9 Å². The molecule has 0 aliphatic carbocycles. The third-order valence-corrected chi connectivity index (χ3v) is 3.91. The Hall–Kier alpha value is -0.120. The van der Waals surface area contributed by atoms with E-state index in [2.05, 4.69) is 12.2 Å². The molecule has 0 bridgehead atoms. The molecule has 2 aliphatic rings. The van der Waals surface area contributed by atoms with Crippen LogP contribution in [0.25, 0.3) is 0 Å². The lowest BCUT2D eigenvalue weighted by molar-refractivity contribution is 0.0499. The zero-order chi connectivity index (χ0) is 11.2. The van der Waals surface area contributed by atoms with Crippen LogP contribution < -0.4 is 5.32 Å². The highest BCUT2D eigenvalue weighted by Gasteiger charge is 2.27. The standard InChI is InChI=1S/C13H25NO2/c1-2-14-13(9-11-3-6-16-10-11)12-4-7-15-8-5-12/h11-14H,2-10H2,1H3. The van der Waals surface area contributed by atoms with E-state index < -0.39 is 0 Å². The molecule has 0 radical (unpaired) electrons. The van der Waals surface area contributed by atoms with Gasteiger partial charge in [-0.3, -0.25) is 0 Å². The van der Waals surface area contributed by atoms with Crippen LogP contribution in [0.1, 0.15) is 32.6 Å². The average molecular weight is 227 g/mol. The van der Waals surface area contributed by atoms with E-state index in [1.54, 1.807) is 0 Å². The number of ether oxygens (including phenoxy) is 2. The van der Waals surface area contributed by atoms with E-state index in [9.17, 15) is 0 Å². The first-order valence-electron chi connectivity index (χ1n) is 6.79. The van der Waals surface area contributed by atoms with Crippen LogP contribution in [0.15, 0.2) is 0 Å². The van der Waals surface area contributed by atoms with Crippen molar-refractivity contribution >= 4 is 0 Å². The molecule has 2 fully saturated rings. The van der Waals surface area contributed by atoms with E-state index in [4.69, 9.17) is 9.47 Å². The second-order valence-corrected chi connectivity index (χ2v) is 5.08. The third kappa shape index (κ3) is 3.44. The Morgan fingerprint density at radius 3 is 2.50 bits per heavy atom. The van der Waals surface area contributed by atoms with Gasteiger partial charge in [-0.1, -0.05) is 6.92 Å². The molecule has 16 heavy (non-hydrogen) atoms. The normalized spacial score (nSPS) is 29.4. The molecular weight excluding hydrogens is 202 g/mol. The summed E-state index contributed by atoms with van der Waals surface area (Å²) in [5.41, 5.74) is 0. The molecule has 0 aromatic carbocycles. The smallest absolute Gasteiger partial charge is 0.0495 e. The van der Waals surface area contributed by atoms with Gasteiger partial charge in [-0.05, 0) is 44.1 Å². The lowest BCUT2D eigenvalue weighted by atomic mass is 9.85. The number of rotatable bonds is 5. The minimum atomic E-state index is 0.681. The van der Waals surface area contributed by atoms with Crippen LogP contribution >= 0.6 is 0 Å². The topological polar surface area (TPSA) is 30.5 Å². The summed E-state index contributed by atoms with van der Waals surface area (Å²) in [5, 5.41) is 3.67. The van der Waals surface area contributed by atoms with Crippen molar-refractivity contribution in [3.8, 4) is 0 Å². The monoisotopic (exact) mass is 227 g/mol. The summed E-state index contributed by atoms with van der Waals surface area (Å²) in [4.78, 5) is 0. The molecule has 0 aromatic rings. The molecule has 0 aromatic heterocycles. The Kier molecular flexibility index (Phi) is 5.07. The largest absolute Gasteiger partial charge is 0.381 e. The van der Waals surface area contributed by atoms with Gasteiger partial charge < -0.3 is 14.8 Å². The van der Waals surface area contributed by atoms with Gasteiger partial charge in [0.15, 0.2) is 0 Å². The summed E-state index contributed by atoms with van der Waals surface area (Å²) in [7, 11) is 0. The zero-order valence-corrected chi connectivity index (χ0v) is 10.4. The van der Waals surface area contributed by atoms with Crippen molar-refractivity contribution < 1.29 is 9.47 Å². The number of nitrogens with one attached hydrogen (secondary N) is 1. The van der Waals surface area contributed by atoms with Crippen molar-refractivity contribution in [3.05, 3.63) is 0 Å². The fraction of sp³-hybridized carbons (Fsp3) is 1.00. The molecule has 3 heteroatoms. The molecule has 1 N–H and O–H groups in total. The van der Waals surface area contributed by atoms with Crippen molar-refractivity contribution in [2.45, 2.75) is 38.6 Å². The Bertz CT molecular complexity index is 186. The van der Waals surface area contributed by atoms with Crippen molar-refractivity contribution in [3.63, 3.8) is 0 Å². The molecule has 2 rings (SSSR count). The maximum atomic E-state index is 5.47. The highest BCUT2D eigenvalue weighted by Crippen LogP contribution is 2.26. The first-order chi connectivity index (χ1) is 7.90. The van der Waals surface area contributed by atoms with Gasteiger partial charge in [0.1, 0.15) is 0 Å². The molecule has 3 nitrogen and oxygen atoms in total. The minimum absolute atomic E-state index is 0.681. The number of hydrogen-bond acceptors (Lipinski definition) is 3. The van der Waals surface area contributed by atoms with Crippen LogP contribution in [0.4, 0.5) is 0 Å². The van der Waals surface area contributed by atoms with E-state index in [-0.39, 0.29) is 0 Å². The Morgan fingerprint density at radius 2 is 1.88 bits per heavy atom. The van der Waals surface area contributed by atoms with E-state index in [1.807, 2.05) is 0 Å². The highest BCUT2D eigenvalue weighted by molar-refractivity contribution is 4.81. The van der Waals surface area contributed by atoms with Gasteiger partial charge in [0.05, 0.1) is 0 Å². The molecule has 2 unspecified atom stereocenters. The molecule has 94 valence electrons. The lowest BCUT2D eigenvalue weighted by Crippen LogP contribution is -2.40. The van der Waals surface area contributed by atoms with Gasteiger partial charge in [0.2, 0.25) is 0 Å². The van der Waals surface area contributed by atoms with E-state index in [0.29, 0.717) is 6.04 Å². The second kappa shape index (κ2) is 6.58. The minimum Gasteiger partial charge on any atom is -0.381 e. The van der Waals surface area contributed by atoms with Gasteiger partial charge >= 0.3 is 0 Å². The van der Waals surface area contributed by atoms with Gasteiger partial charge in [0, 0.05) is 32.5 Å². The molecule has 2 saturated heterocycles. The molecule has 2 aliphatic heterocycles. The van der Waals surface area contributed by atoms with Crippen LogP contribution in [-0.4, -0.2) is 39.0 Å². The van der Waals surface area contributed by atoms with Crippen molar-refractivity contribution in [2.24, 2.45) is 11.8 Å². The molecule has 0 saturated carbocycles. The van der Waals surface area contributed by atoms with Gasteiger partial charge in [-0.2, -0.15) is 0 Å². The highest BCUT2D eigenvalue weighted by atomic mass is 16.5. The first kappa shape index (κ1) is 12.3. The zero-order valence-electron chi connectivity index (χ0n) is 10.4. The summed E-state index contributed by atoms with van der Waals surface area (Å²) < 4.78 is 10.9. The summed E-state index contributed by atoms with van der Waals surface area (Å²) >= 11 is 0. The van der Waals surface area contributed by atoms with Crippen LogP contribution in [-0.2, 0) is 9.47 Å². The number of hydrogen-bond donors (Lipinski definition) is 1. The van der Waals surface area contributed by atoms with Crippen LogP contribution in [0.5, 0.6) is 0 Å². The van der Waals surface area contributed by atoms with Crippen molar-refractivity contribution in [1.29, 1.82) is 0 Å². The fourth-order valence-corrected chi connectivity index (χ4v) is 2.95. The summed E-state index contributed by atoms with van der Waals surface area (Å²) in [6.07, 6.45) is 5.00. The maximum Gasteiger partial charge on any atom is 0.0495 e. The van der Waals surface area contributed by atoms with Crippen LogP contribution in [0.3, 0.4) is 0 Å². The summed E-state index contributed by atoms with van der Waals surface area (Å²) in [6, 6.07) is 0.681. The fourth-order valence-electron chi connectivity index (χ4n) is 2.95. The molecule has 0 amide bonds. The third-order valence-electron chi connectivity index (χ3n) is 3.91. The average Bonchev–Trinajstić information content (AvgIpc) is 2.83. The quantitative estimate of drug-likeness (QED) is 0.777. The lowest BCUT2D eigenvalue weighted by Gasteiger charge is -2.32. The predicted molar refractivity (Wildman–Crippen MR) is 64.6 cm³/mol. The van der Waals surface area contributed by atoms with Crippen LogP contribution in [0.2, 0.25) is 0 Å². The summed E-state index contributed by atoms with van der Waals surface area (Å²) in [5.74, 6) is 1.60.